The van der Waals surface area contributed by atoms with E-state index in [0.29, 0.717) is 5.41 Å². The molecule has 17 heavy (non-hydrogen) atoms. The van der Waals surface area contributed by atoms with Crippen molar-refractivity contribution in [1.82, 2.24) is 5.32 Å². The predicted octanol–water partition coefficient (Wildman–Crippen LogP) is 3.52. The second kappa shape index (κ2) is 4.29. The van der Waals surface area contributed by atoms with Crippen molar-refractivity contribution in [1.29, 1.82) is 0 Å². The first-order valence-corrected chi connectivity index (χ1v) is 6.98. The lowest BCUT2D eigenvalue weighted by atomic mass is 9.77. The maximum atomic E-state index is 6.07. The number of nitrogens with one attached hydrogen (secondary N) is 1. The molecule has 0 heterocycles. The average Bonchev–Trinajstić information content (AvgIpc) is 2.87. The Hall–Kier alpha value is -0.530. The lowest BCUT2D eigenvalue weighted by molar-refractivity contribution is 0.255. The summed E-state index contributed by atoms with van der Waals surface area (Å²) in [4.78, 5) is 0. The Morgan fingerprint density at radius 2 is 2.12 bits per heavy atom. The van der Waals surface area contributed by atoms with Gasteiger partial charge in [0.05, 0.1) is 0 Å². The van der Waals surface area contributed by atoms with Gasteiger partial charge < -0.3 is 5.32 Å². The normalized spacial score (nSPS) is 34.7. The second-order valence-corrected chi connectivity index (χ2v) is 6.44. The highest BCUT2D eigenvalue weighted by atomic mass is 35.5. The van der Waals surface area contributed by atoms with E-state index in [-0.39, 0.29) is 0 Å². The molecule has 0 aromatic heterocycles. The molecule has 92 valence electrons. The summed E-state index contributed by atoms with van der Waals surface area (Å²) in [6, 6.07) is 8.37. The molecule has 2 aliphatic rings. The topological polar surface area (TPSA) is 12.0 Å². The van der Waals surface area contributed by atoms with E-state index in [1.807, 2.05) is 6.07 Å². The minimum absolute atomic E-state index is 0.493. The van der Waals surface area contributed by atoms with Gasteiger partial charge in [0, 0.05) is 11.6 Å². The Balaban J connectivity index is 1.76. The van der Waals surface area contributed by atoms with E-state index in [2.05, 4.69) is 30.6 Å². The molecule has 3 rings (SSSR count). The van der Waals surface area contributed by atoms with Crippen molar-refractivity contribution in [2.45, 2.75) is 25.7 Å². The molecule has 1 nitrogen and oxygen atoms in total. The van der Waals surface area contributed by atoms with E-state index in [1.54, 1.807) is 0 Å². The van der Waals surface area contributed by atoms with Crippen molar-refractivity contribution in [3.63, 3.8) is 0 Å². The minimum atomic E-state index is 0.493. The van der Waals surface area contributed by atoms with Crippen LogP contribution in [0.25, 0.3) is 0 Å². The van der Waals surface area contributed by atoms with Crippen LogP contribution in [0.2, 0.25) is 5.02 Å². The summed E-state index contributed by atoms with van der Waals surface area (Å²) in [6.45, 7) is 1.15. The monoisotopic (exact) mass is 249 g/mol. The molecule has 0 bridgehead atoms. The van der Waals surface area contributed by atoms with Gasteiger partial charge in [-0.05, 0) is 67.7 Å². The summed E-state index contributed by atoms with van der Waals surface area (Å²) in [5, 5.41) is 4.26. The molecule has 1 aromatic carbocycles. The van der Waals surface area contributed by atoms with Crippen LogP contribution in [0.1, 0.15) is 24.8 Å². The second-order valence-electron chi connectivity index (χ2n) is 6.00. The predicted molar refractivity (Wildman–Crippen MR) is 72.3 cm³/mol. The van der Waals surface area contributed by atoms with E-state index >= 15 is 0 Å². The average molecular weight is 250 g/mol. The molecule has 0 aliphatic heterocycles. The molecule has 1 aromatic rings. The van der Waals surface area contributed by atoms with Crippen molar-refractivity contribution in [2.24, 2.45) is 17.3 Å². The van der Waals surface area contributed by atoms with Gasteiger partial charge in [-0.15, -0.1) is 0 Å². The SMILES string of the molecule is CNCC1(Cc2cccc(Cl)c2)CC2CC2C1. The third-order valence-electron chi connectivity index (χ3n) is 4.48. The smallest absolute Gasteiger partial charge is 0.0408 e. The molecular weight excluding hydrogens is 230 g/mol. The van der Waals surface area contributed by atoms with Gasteiger partial charge in [0.2, 0.25) is 0 Å². The quantitative estimate of drug-likeness (QED) is 0.861. The molecule has 2 unspecified atom stereocenters. The lowest BCUT2D eigenvalue weighted by Crippen LogP contribution is -2.33. The highest BCUT2D eigenvalue weighted by Gasteiger charge is 2.53. The van der Waals surface area contributed by atoms with E-state index in [0.717, 1.165) is 23.4 Å². The number of rotatable bonds is 4. The van der Waals surface area contributed by atoms with Crippen molar-refractivity contribution in [3.05, 3.63) is 34.9 Å². The van der Waals surface area contributed by atoms with Crippen LogP contribution in [0.4, 0.5) is 0 Å². The summed E-state index contributed by atoms with van der Waals surface area (Å²) in [5.74, 6) is 2.06. The first kappa shape index (κ1) is 11.6. The summed E-state index contributed by atoms with van der Waals surface area (Å²) in [5.41, 5.74) is 1.89. The van der Waals surface area contributed by atoms with Gasteiger partial charge in [-0.1, -0.05) is 23.7 Å². The Labute approximate surface area is 109 Å². The molecule has 2 aliphatic carbocycles. The molecule has 2 heteroatoms. The largest absolute Gasteiger partial charge is 0.319 e. The summed E-state index contributed by atoms with van der Waals surface area (Å²) in [6.07, 6.45) is 5.48. The number of hydrogen-bond donors (Lipinski definition) is 1. The van der Waals surface area contributed by atoms with Gasteiger partial charge >= 0.3 is 0 Å². The van der Waals surface area contributed by atoms with Crippen LogP contribution in [0.15, 0.2) is 24.3 Å². The Morgan fingerprint density at radius 1 is 1.35 bits per heavy atom. The highest BCUT2D eigenvalue weighted by molar-refractivity contribution is 6.30. The molecule has 0 spiro atoms. The van der Waals surface area contributed by atoms with Crippen LogP contribution < -0.4 is 5.32 Å². The van der Waals surface area contributed by atoms with Crippen LogP contribution in [0, 0.1) is 17.3 Å². The fourth-order valence-electron chi connectivity index (χ4n) is 3.81. The summed E-state index contributed by atoms with van der Waals surface area (Å²) >= 11 is 6.07. The first-order chi connectivity index (χ1) is 8.21. The lowest BCUT2D eigenvalue weighted by Gasteiger charge is -2.31. The number of hydrogen-bond acceptors (Lipinski definition) is 1. The van der Waals surface area contributed by atoms with Crippen molar-refractivity contribution >= 4 is 11.6 Å². The number of fused-ring (bicyclic) bond motifs is 1. The zero-order valence-corrected chi connectivity index (χ0v) is 11.1. The third kappa shape index (κ3) is 2.36. The Bertz CT molecular complexity index is 405. The molecule has 0 amide bonds. The van der Waals surface area contributed by atoms with Gasteiger partial charge in [0.1, 0.15) is 0 Å². The Kier molecular flexibility index (Phi) is 2.92. The minimum Gasteiger partial charge on any atom is -0.319 e. The maximum Gasteiger partial charge on any atom is 0.0408 e. The van der Waals surface area contributed by atoms with Gasteiger partial charge in [-0.2, -0.15) is 0 Å². The molecule has 0 radical (unpaired) electrons. The first-order valence-electron chi connectivity index (χ1n) is 6.60. The molecule has 2 fully saturated rings. The van der Waals surface area contributed by atoms with Crippen LogP contribution >= 0.6 is 11.6 Å². The highest BCUT2D eigenvalue weighted by Crippen LogP contribution is 2.60. The number of benzene rings is 1. The fourth-order valence-corrected chi connectivity index (χ4v) is 4.03. The van der Waals surface area contributed by atoms with E-state index < -0.39 is 0 Å². The van der Waals surface area contributed by atoms with Crippen LogP contribution in [0.3, 0.4) is 0 Å². The van der Waals surface area contributed by atoms with Gasteiger partial charge in [0.25, 0.3) is 0 Å². The van der Waals surface area contributed by atoms with E-state index in [1.165, 1.54) is 31.2 Å². The molecule has 1 N–H and O–H groups in total. The van der Waals surface area contributed by atoms with E-state index in [9.17, 15) is 0 Å². The Morgan fingerprint density at radius 3 is 2.76 bits per heavy atom. The van der Waals surface area contributed by atoms with Crippen LogP contribution in [-0.4, -0.2) is 13.6 Å². The molecule has 2 saturated carbocycles. The van der Waals surface area contributed by atoms with Gasteiger partial charge in [-0.25, -0.2) is 0 Å². The van der Waals surface area contributed by atoms with Crippen LogP contribution in [-0.2, 0) is 6.42 Å². The van der Waals surface area contributed by atoms with Crippen molar-refractivity contribution < 1.29 is 0 Å². The fraction of sp³-hybridized carbons (Fsp3) is 0.600. The molecule has 0 saturated heterocycles. The maximum absolute atomic E-state index is 6.07. The third-order valence-corrected chi connectivity index (χ3v) is 4.71. The van der Waals surface area contributed by atoms with Gasteiger partial charge in [-0.3, -0.25) is 0 Å². The van der Waals surface area contributed by atoms with Gasteiger partial charge in [0.15, 0.2) is 0 Å². The summed E-state index contributed by atoms with van der Waals surface area (Å²) in [7, 11) is 2.07. The zero-order valence-electron chi connectivity index (χ0n) is 10.4. The number of halogens is 1. The van der Waals surface area contributed by atoms with Crippen LogP contribution in [0.5, 0.6) is 0 Å². The van der Waals surface area contributed by atoms with E-state index in [4.69, 9.17) is 11.6 Å². The molecule has 2 atom stereocenters. The van der Waals surface area contributed by atoms with Crippen molar-refractivity contribution in [3.8, 4) is 0 Å². The van der Waals surface area contributed by atoms with Crippen molar-refractivity contribution in [2.75, 3.05) is 13.6 Å². The standard InChI is InChI=1S/C15H20ClN/c1-17-10-15(8-12-6-13(12)9-15)7-11-3-2-4-14(16)5-11/h2-5,12-13,17H,6-10H2,1H3. The molecular formula is C15H20ClN. The zero-order chi connectivity index (χ0) is 11.9. The summed E-state index contributed by atoms with van der Waals surface area (Å²) < 4.78 is 0.